The van der Waals surface area contributed by atoms with Crippen LogP contribution >= 0.6 is 0 Å². The average molecular weight is 335 g/mol. The minimum atomic E-state index is 0.0860. The molecule has 1 fully saturated rings. The average Bonchev–Trinajstić information content (AvgIpc) is 2.67. The quantitative estimate of drug-likeness (QED) is 0.918. The van der Waals surface area contributed by atoms with Gasteiger partial charge in [0.1, 0.15) is 0 Å². The number of nitrogens with zero attached hydrogens (tertiary/aromatic N) is 2. The fraction of sp³-hybridized carbons (Fsp3) is 0.300. The van der Waals surface area contributed by atoms with E-state index < -0.39 is 0 Å². The highest BCUT2D eigenvalue weighted by molar-refractivity contribution is 5.96. The maximum Gasteiger partial charge on any atom is 0.253 e. The van der Waals surface area contributed by atoms with Crippen LogP contribution in [0.25, 0.3) is 0 Å². The van der Waals surface area contributed by atoms with Gasteiger partial charge < -0.3 is 15.1 Å². The summed E-state index contributed by atoms with van der Waals surface area (Å²) in [6.45, 7) is 3.04. The molecule has 1 N–H and O–H groups in total. The van der Waals surface area contributed by atoms with Gasteiger partial charge in [-0.15, -0.1) is 0 Å². The number of carbonyl (C=O) groups is 2. The van der Waals surface area contributed by atoms with Crippen LogP contribution in [0.2, 0.25) is 0 Å². The van der Waals surface area contributed by atoms with Gasteiger partial charge in [-0.2, -0.15) is 0 Å². The molecule has 0 atom stereocenters. The normalized spacial score (nSPS) is 17.0. The van der Waals surface area contributed by atoms with E-state index >= 15 is 0 Å². The predicted molar refractivity (Wildman–Crippen MR) is 98.0 cm³/mol. The monoisotopic (exact) mass is 335 g/mol. The molecule has 2 amide bonds. The molecule has 128 valence electrons. The molecule has 1 saturated heterocycles. The Morgan fingerprint density at radius 3 is 2.40 bits per heavy atom. The van der Waals surface area contributed by atoms with Crippen molar-refractivity contribution in [3.63, 3.8) is 0 Å². The second kappa shape index (κ2) is 6.59. The predicted octanol–water partition coefficient (Wildman–Crippen LogP) is 2.53. The summed E-state index contributed by atoms with van der Waals surface area (Å²) >= 11 is 0. The van der Waals surface area contributed by atoms with Crippen LogP contribution in [0.1, 0.15) is 22.3 Å². The van der Waals surface area contributed by atoms with Gasteiger partial charge in [-0.3, -0.25) is 9.59 Å². The maximum absolute atomic E-state index is 12.6. The summed E-state index contributed by atoms with van der Waals surface area (Å²) in [7, 11) is 0. The molecule has 0 spiro atoms. The van der Waals surface area contributed by atoms with Crippen molar-refractivity contribution < 1.29 is 9.59 Å². The SMILES string of the molecule is O=C1CCc2c(cccc2N2CCN(C(=O)c3ccccc3)CC2)N1. The molecule has 0 bridgehead atoms. The molecule has 0 unspecified atom stereocenters. The minimum Gasteiger partial charge on any atom is -0.368 e. The van der Waals surface area contributed by atoms with Crippen LogP contribution in [0.15, 0.2) is 48.5 Å². The lowest BCUT2D eigenvalue weighted by Crippen LogP contribution is -2.49. The molecular weight excluding hydrogens is 314 g/mol. The second-order valence-corrected chi connectivity index (χ2v) is 6.50. The molecule has 2 aliphatic rings. The Hall–Kier alpha value is -2.82. The molecule has 5 nitrogen and oxygen atoms in total. The molecule has 0 aromatic heterocycles. The van der Waals surface area contributed by atoms with E-state index in [1.54, 1.807) is 0 Å². The molecule has 0 aliphatic carbocycles. The van der Waals surface area contributed by atoms with Crippen molar-refractivity contribution >= 4 is 23.2 Å². The number of piperazine rings is 1. The number of amides is 2. The van der Waals surface area contributed by atoms with Gasteiger partial charge in [0.05, 0.1) is 0 Å². The zero-order valence-corrected chi connectivity index (χ0v) is 14.1. The van der Waals surface area contributed by atoms with Gasteiger partial charge in [0.25, 0.3) is 5.91 Å². The standard InChI is InChI=1S/C20H21N3O2/c24-19-10-9-16-17(21-19)7-4-8-18(16)22-11-13-23(14-12-22)20(25)15-5-2-1-3-6-15/h1-8H,9-14H2,(H,21,24). The first-order valence-corrected chi connectivity index (χ1v) is 8.73. The summed E-state index contributed by atoms with van der Waals surface area (Å²) < 4.78 is 0. The number of carbonyl (C=O) groups excluding carboxylic acids is 2. The van der Waals surface area contributed by atoms with E-state index in [1.807, 2.05) is 47.4 Å². The largest absolute Gasteiger partial charge is 0.368 e. The fourth-order valence-electron chi connectivity index (χ4n) is 3.62. The Morgan fingerprint density at radius 2 is 1.64 bits per heavy atom. The van der Waals surface area contributed by atoms with Gasteiger partial charge in [0, 0.05) is 49.5 Å². The van der Waals surface area contributed by atoms with Crippen molar-refractivity contribution in [2.75, 3.05) is 36.4 Å². The van der Waals surface area contributed by atoms with Crippen LogP contribution in [0.4, 0.5) is 11.4 Å². The van der Waals surface area contributed by atoms with Crippen LogP contribution in [-0.4, -0.2) is 42.9 Å². The number of anilines is 2. The van der Waals surface area contributed by atoms with Crippen molar-refractivity contribution in [2.24, 2.45) is 0 Å². The van der Waals surface area contributed by atoms with Gasteiger partial charge in [-0.05, 0) is 36.2 Å². The zero-order chi connectivity index (χ0) is 17.2. The third-order valence-electron chi connectivity index (χ3n) is 4.96. The van der Waals surface area contributed by atoms with Crippen LogP contribution in [0.3, 0.4) is 0 Å². The summed E-state index contributed by atoms with van der Waals surface area (Å²) in [5, 5.41) is 2.96. The molecule has 5 heteroatoms. The Kier molecular flexibility index (Phi) is 4.14. The summed E-state index contributed by atoms with van der Waals surface area (Å²) in [5.74, 6) is 0.186. The molecule has 2 aliphatic heterocycles. The van der Waals surface area contributed by atoms with E-state index in [4.69, 9.17) is 0 Å². The summed E-state index contributed by atoms with van der Waals surface area (Å²) in [6.07, 6.45) is 1.32. The van der Waals surface area contributed by atoms with Gasteiger partial charge in [0.2, 0.25) is 5.91 Å². The summed E-state index contributed by atoms with van der Waals surface area (Å²) in [5.41, 5.74) is 4.07. The van der Waals surface area contributed by atoms with Crippen molar-refractivity contribution in [1.29, 1.82) is 0 Å². The first-order valence-electron chi connectivity index (χ1n) is 8.73. The van der Waals surface area contributed by atoms with Crippen LogP contribution in [0.5, 0.6) is 0 Å². The lowest BCUT2D eigenvalue weighted by atomic mass is 10.00. The number of benzene rings is 2. The van der Waals surface area contributed by atoms with Crippen LogP contribution in [-0.2, 0) is 11.2 Å². The van der Waals surface area contributed by atoms with Crippen molar-refractivity contribution in [1.82, 2.24) is 4.90 Å². The molecule has 4 rings (SSSR count). The lowest BCUT2D eigenvalue weighted by molar-refractivity contribution is -0.116. The lowest BCUT2D eigenvalue weighted by Gasteiger charge is -2.37. The molecule has 0 radical (unpaired) electrons. The molecule has 25 heavy (non-hydrogen) atoms. The highest BCUT2D eigenvalue weighted by atomic mass is 16.2. The molecule has 0 saturated carbocycles. The Morgan fingerprint density at radius 1 is 0.880 bits per heavy atom. The Bertz CT molecular complexity index is 796. The van der Waals surface area contributed by atoms with Gasteiger partial charge in [0.15, 0.2) is 0 Å². The van der Waals surface area contributed by atoms with Gasteiger partial charge in [-0.25, -0.2) is 0 Å². The van der Waals surface area contributed by atoms with E-state index in [-0.39, 0.29) is 11.8 Å². The van der Waals surface area contributed by atoms with Crippen LogP contribution < -0.4 is 10.2 Å². The number of nitrogens with one attached hydrogen (secondary N) is 1. The third-order valence-corrected chi connectivity index (χ3v) is 4.96. The zero-order valence-electron chi connectivity index (χ0n) is 14.1. The Labute approximate surface area is 147 Å². The summed E-state index contributed by atoms with van der Waals surface area (Å²) in [6, 6.07) is 15.5. The second-order valence-electron chi connectivity index (χ2n) is 6.50. The number of rotatable bonds is 2. The van der Waals surface area contributed by atoms with E-state index in [2.05, 4.69) is 16.3 Å². The third kappa shape index (κ3) is 3.09. The van der Waals surface area contributed by atoms with Gasteiger partial charge in [-0.1, -0.05) is 24.3 Å². The van der Waals surface area contributed by atoms with Crippen molar-refractivity contribution in [3.05, 3.63) is 59.7 Å². The molecule has 2 heterocycles. The molecular formula is C20H21N3O2. The number of hydrogen-bond acceptors (Lipinski definition) is 3. The minimum absolute atomic E-state index is 0.0860. The highest BCUT2D eigenvalue weighted by Gasteiger charge is 2.25. The smallest absolute Gasteiger partial charge is 0.253 e. The van der Waals surface area contributed by atoms with Crippen LogP contribution in [0, 0.1) is 0 Å². The maximum atomic E-state index is 12.6. The topological polar surface area (TPSA) is 52.7 Å². The number of hydrogen-bond donors (Lipinski definition) is 1. The first kappa shape index (κ1) is 15.7. The molecule has 2 aromatic carbocycles. The summed E-state index contributed by atoms with van der Waals surface area (Å²) in [4.78, 5) is 28.4. The van der Waals surface area contributed by atoms with E-state index in [0.29, 0.717) is 19.5 Å². The van der Waals surface area contributed by atoms with Crippen molar-refractivity contribution in [3.8, 4) is 0 Å². The Balaban J connectivity index is 1.47. The van der Waals surface area contributed by atoms with Crippen molar-refractivity contribution in [2.45, 2.75) is 12.8 Å². The fourth-order valence-corrected chi connectivity index (χ4v) is 3.62. The van der Waals surface area contributed by atoms with E-state index in [0.717, 1.165) is 30.8 Å². The molecule has 2 aromatic rings. The van der Waals surface area contributed by atoms with E-state index in [1.165, 1.54) is 11.3 Å². The highest BCUT2D eigenvalue weighted by Crippen LogP contribution is 2.32. The number of fused-ring (bicyclic) bond motifs is 1. The van der Waals surface area contributed by atoms with E-state index in [9.17, 15) is 9.59 Å². The van der Waals surface area contributed by atoms with Gasteiger partial charge >= 0.3 is 0 Å². The first-order chi connectivity index (χ1) is 12.2.